The van der Waals surface area contributed by atoms with E-state index >= 15 is 0 Å². The van der Waals surface area contributed by atoms with Crippen molar-refractivity contribution in [1.29, 1.82) is 0 Å². The predicted molar refractivity (Wildman–Crippen MR) is 112 cm³/mol. The molecule has 2 aromatic rings. The van der Waals surface area contributed by atoms with E-state index in [-0.39, 0.29) is 34.7 Å². The predicted octanol–water partition coefficient (Wildman–Crippen LogP) is 3.52. The Balaban J connectivity index is 1.58. The van der Waals surface area contributed by atoms with Crippen LogP contribution in [0.1, 0.15) is 16.8 Å². The van der Waals surface area contributed by atoms with Gasteiger partial charge in [-0.3, -0.25) is 9.59 Å². The minimum absolute atomic E-state index is 0.0492. The van der Waals surface area contributed by atoms with Gasteiger partial charge in [0.25, 0.3) is 5.91 Å². The number of benzene rings is 1. The Morgan fingerprint density at radius 3 is 2.69 bits per heavy atom. The van der Waals surface area contributed by atoms with Crippen molar-refractivity contribution in [1.82, 2.24) is 14.9 Å². The summed E-state index contributed by atoms with van der Waals surface area (Å²) in [5.74, 6) is -0.875. The number of nitrogens with one attached hydrogen (secondary N) is 2. The molecule has 3 rings (SSSR count). The number of hydrogen-bond acceptors (Lipinski definition) is 6. The first kappa shape index (κ1) is 23.3. The number of aromatic nitrogens is 2. The maximum Gasteiger partial charge on any atom is 0.422 e. The molecule has 1 fully saturated rings. The summed E-state index contributed by atoms with van der Waals surface area (Å²) in [4.78, 5) is 33.5. The van der Waals surface area contributed by atoms with Gasteiger partial charge in [0.1, 0.15) is 5.02 Å². The summed E-state index contributed by atoms with van der Waals surface area (Å²) >= 11 is 5.80. The van der Waals surface area contributed by atoms with Gasteiger partial charge in [0.2, 0.25) is 17.7 Å². The van der Waals surface area contributed by atoms with E-state index in [0.29, 0.717) is 30.8 Å². The molecule has 1 atom stereocenters. The number of carbonyl (C=O) groups is 2. The Morgan fingerprint density at radius 1 is 1.31 bits per heavy atom. The average Bonchev–Trinajstić information content (AvgIpc) is 3.22. The van der Waals surface area contributed by atoms with Crippen LogP contribution in [0.25, 0.3) is 0 Å². The molecule has 0 unspecified atom stereocenters. The van der Waals surface area contributed by atoms with Gasteiger partial charge in [-0.15, -0.1) is 0 Å². The van der Waals surface area contributed by atoms with Crippen molar-refractivity contribution in [3.05, 3.63) is 53.7 Å². The Morgan fingerprint density at radius 2 is 2.03 bits per heavy atom. The van der Waals surface area contributed by atoms with Gasteiger partial charge >= 0.3 is 6.18 Å². The minimum atomic E-state index is -4.52. The van der Waals surface area contributed by atoms with Gasteiger partial charge in [-0.1, -0.05) is 18.2 Å². The normalized spacial score (nSPS) is 15.9. The Labute approximate surface area is 186 Å². The highest BCUT2D eigenvalue weighted by atomic mass is 35.5. The first-order valence-electron chi connectivity index (χ1n) is 9.46. The lowest BCUT2D eigenvalue weighted by atomic mass is 10.2. The third-order valence-electron chi connectivity index (χ3n) is 4.48. The molecule has 12 heteroatoms. The summed E-state index contributed by atoms with van der Waals surface area (Å²) in [6.07, 6.45) is -1.65. The van der Waals surface area contributed by atoms with Gasteiger partial charge in [-0.05, 0) is 36.8 Å². The third-order valence-corrected chi connectivity index (χ3v) is 4.74. The van der Waals surface area contributed by atoms with Gasteiger partial charge < -0.3 is 20.3 Å². The Hall–Kier alpha value is -3.34. The first-order chi connectivity index (χ1) is 15.1. The molecule has 1 aliphatic heterocycles. The maximum atomic E-state index is 12.7. The number of alkyl halides is 3. The molecule has 0 saturated carbocycles. The van der Waals surface area contributed by atoms with Gasteiger partial charge in [0, 0.05) is 30.4 Å². The van der Waals surface area contributed by atoms with Crippen LogP contribution in [0.5, 0.6) is 5.88 Å². The molecule has 2 amide bonds. The molecule has 1 saturated heterocycles. The van der Waals surface area contributed by atoms with Crippen LogP contribution in [-0.4, -0.2) is 58.6 Å². The van der Waals surface area contributed by atoms with E-state index in [0.717, 1.165) is 12.3 Å². The van der Waals surface area contributed by atoms with Gasteiger partial charge in [0.05, 0.1) is 6.20 Å². The fourth-order valence-electron chi connectivity index (χ4n) is 2.99. The second-order valence-corrected chi connectivity index (χ2v) is 7.31. The highest BCUT2D eigenvalue weighted by molar-refractivity contribution is 6.31. The number of hydrogen-bond donors (Lipinski definition) is 2. The van der Waals surface area contributed by atoms with Crippen molar-refractivity contribution in [3.63, 3.8) is 0 Å². The summed E-state index contributed by atoms with van der Waals surface area (Å²) < 4.78 is 41.7. The zero-order chi connectivity index (χ0) is 23.3. The second-order valence-electron chi connectivity index (χ2n) is 6.90. The highest BCUT2D eigenvalue weighted by Gasteiger charge is 2.30. The number of carbonyl (C=O) groups excluding carboxylic acids is 2. The topological polar surface area (TPSA) is 96.5 Å². The fraction of sp³-hybridized carbons (Fsp3) is 0.300. The van der Waals surface area contributed by atoms with Crippen LogP contribution in [0.15, 0.2) is 43.1 Å². The Kier molecular flexibility index (Phi) is 7.18. The van der Waals surface area contributed by atoms with E-state index < -0.39 is 12.8 Å². The van der Waals surface area contributed by atoms with Gasteiger partial charge in [0.15, 0.2) is 6.61 Å². The monoisotopic (exact) mass is 469 g/mol. The zero-order valence-electron chi connectivity index (χ0n) is 16.7. The number of nitrogens with zero attached hydrogens (tertiary/aromatic N) is 3. The van der Waals surface area contributed by atoms with Crippen molar-refractivity contribution in [2.75, 3.05) is 30.3 Å². The van der Waals surface area contributed by atoms with Crippen LogP contribution in [0.3, 0.4) is 0 Å². The summed E-state index contributed by atoms with van der Waals surface area (Å²) in [6, 6.07) is 6.24. The molecule has 2 N–H and O–H groups in total. The smallest absolute Gasteiger partial charge is 0.422 e. The molecular weight excluding hydrogens is 451 g/mol. The molecular formula is C20H19ClF3N5O3. The first-order valence-corrected chi connectivity index (χ1v) is 9.84. The third kappa shape index (κ3) is 6.33. The van der Waals surface area contributed by atoms with Crippen molar-refractivity contribution >= 4 is 35.1 Å². The van der Waals surface area contributed by atoms with E-state index in [1.165, 1.54) is 0 Å². The van der Waals surface area contributed by atoms with Gasteiger partial charge in [-0.25, -0.2) is 4.98 Å². The molecule has 0 radical (unpaired) electrons. The van der Waals surface area contributed by atoms with E-state index in [2.05, 4.69) is 31.9 Å². The molecule has 1 aliphatic rings. The minimum Gasteiger partial charge on any atom is -0.467 e. The largest absolute Gasteiger partial charge is 0.467 e. The molecule has 8 nitrogen and oxygen atoms in total. The summed E-state index contributed by atoms with van der Waals surface area (Å²) in [7, 11) is 0. The number of halogens is 4. The number of anilines is 2. The number of amides is 2. The van der Waals surface area contributed by atoms with Crippen molar-refractivity contribution < 1.29 is 27.5 Å². The molecule has 1 aromatic heterocycles. The number of ether oxygens (including phenoxy) is 1. The zero-order valence-corrected chi connectivity index (χ0v) is 17.4. The standard InChI is InChI=1S/C20H19ClF3N5O3/c1-2-16(30)26-13-5-3-12(4-6-13)18(31)29-8-7-14(10-29)27-19-25-9-15(21)17(28-19)32-11-20(22,23)24/h2-6,9,14H,1,7-8,10-11H2,(H,26,30)(H,25,27,28)/t14-/m1/s1. The van der Waals surface area contributed by atoms with Crippen LogP contribution in [-0.2, 0) is 4.79 Å². The highest BCUT2D eigenvalue weighted by Crippen LogP contribution is 2.25. The van der Waals surface area contributed by atoms with Crippen LogP contribution in [0.4, 0.5) is 24.8 Å². The van der Waals surface area contributed by atoms with Crippen LogP contribution >= 0.6 is 11.6 Å². The average molecular weight is 470 g/mol. The van der Waals surface area contributed by atoms with Crippen LogP contribution < -0.4 is 15.4 Å². The van der Waals surface area contributed by atoms with E-state index in [9.17, 15) is 22.8 Å². The second kappa shape index (κ2) is 9.86. The summed E-state index contributed by atoms with van der Waals surface area (Å²) in [5, 5.41) is 5.44. The lowest BCUT2D eigenvalue weighted by Gasteiger charge is -2.18. The molecule has 0 aliphatic carbocycles. The van der Waals surface area contributed by atoms with Crippen molar-refractivity contribution in [2.24, 2.45) is 0 Å². The van der Waals surface area contributed by atoms with Crippen LogP contribution in [0, 0.1) is 0 Å². The molecule has 0 spiro atoms. The van der Waals surface area contributed by atoms with E-state index in [1.807, 2.05) is 0 Å². The van der Waals surface area contributed by atoms with Crippen molar-refractivity contribution in [3.8, 4) is 5.88 Å². The SMILES string of the molecule is C=CC(=O)Nc1ccc(C(=O)N2CC[C@@H](Nc3ncc(Cl)c(OCC(F)(F)F)n3)C2)cc1. The van der Waals surface area contributed by atoms with Crippen LogP contribution in [0.2, 0.25) is 5.02 Å². The Bertz CT molecular complexity index is 1000. The number of likely N-dealkylation sites (tertiary alicyclic amines) is 1. The molecule has 1 aromatic carbocycles. The fourth-order valence-corrected chi connectivity index (χ4v) is 3.14. The van der Waals surface area contributed by atoms with E-state index in [4.69, 9.17) is 11.6 Å². The lowest BCUT2D eigenvalue weighted by Crippen LogP contribution is -2.31. The lowest BCUT2D eigenvalue weighted by molar-refractivity contribution is -0.154. The number of rotatable bonds is 7. The molecule has 170 valence electrons. The molecule has 2 heterocycles. The quantitative estimate of drug-likeness (QED) is 0.602. The van der Waals surface area contributed by atoms with Crippen molar-refractivity contribution in [2.45, 2.75) is 18.6 Å². The molecule has 32 heavy (non-hydrogen) atoms. The maximum absolute atomic E-state index is 12.7. The summed E-state index contributed by atoms with van der Waals surface area (Å²) in [6.45, 7) is 2.67. The molecule has 0 bridgehead atoms. The van der Waals surface area contributed by atoms with Gasteiger partial charge in [-0.2, -0.15) is 18.2 Å². The van der Waals surface area contributed by atoms with E-state index in [1.54, 1.807) is 29.2 Å². The summed E-state index contributed by atoms with van der Waals surface area (Å²) in [5.41, 5.74) is 0.990.